The van der Waals surface area contributed by atoms with Crippen molar-refractivity contribution in [2.75, 3.05) is 13.7 Å². The van der Waals surface area contributed by atoms with Gasteiger partial charge in [-0.05, 0) is 49.9 Å². The average molecular weight is 233 g/mol. The lowest BCUT2D eigenvalue weighted by atomic mass is 10.0. The maximum absolute atomic E-state index is 8.95. The molecule has 17 heavy (non-hydrogen) atoms. The lowest BCUT2D eigenvalue weighted by Crippen LogP contribution is -1.91. The van der Waals surface area contributed by atoms with E-state index in [0.717, 1.165) is 18.6 Å². The van der Waals surface area contributed by atoms with Gasteiger partial charge < -0.3 is 14.8 Å². The Labute approximate surface area is 101 Å². The first-order chi connectivity index (χ1) is 8.17. The highest BCUT2D eigenvalue weighted by Crippen LogP contribution is 2.30. The molecule has 0 aliphatic rings. The molecule has 0 amide bonds. The smallest absolute Gasteiger partial charge is 0.119 e. The number of aliphatic hydroxyl groups is 1. The summed E-state index contributed by atoms with van der Waals surface area (Å²) < 4.78 is 5.31. The van der Waals surface area contributed by atoms with Crippen LogP contribution < -0.4 is 4.74 Å². The minimum atomic E-state index is 0.231. The number of aryl methyl sites for hydroxylation is 3. The van der Waals surface area contributed by atoms with Gasteiger partial charge in [-0.15, -0.1) is 0 Å². The van der Waals surface area contributed by atoms with E-state index in [-0.39, 0.29) is 6.61 Å². The number of hydrogen-bond acceptors (Lipinski definition) is 2. The molecule has 0 bridgehead atoms. The van der Waals surface area contributed by atoms with Gasteiger partial charge in [0.15, 0.2) is 0 Å². The summed E-state index contributed by atoms with van der Waals surface area (Å²) in [6.45, 7) is 4.39. The van der Waals surface area contributed by atoms with Gasteiger partial charge in [0.1, 0.15) is 5.75 Å². The molecule has 0 fully saturated rings. The van der Waals surface area contributed by atoms with Crippen molar-refractivity contribution in [2.45, 2.75) is 26.7 Å². The predicted molar refractivity (Wildman–Crippen MR) is 69.7 cm³/mol. The van der Waals surface area contributed by atoms with Gasteiger partial charge in [0.2, 0.25) is 0 Å². The van der Waals surface area contributed by atoms with E-state index in [2.05, 4.69) is 24.9 Å². The number of fused-ring (bicyclic) bond motifs is 1. The Morgan fingerprint density at radius 1 is 1.29 bits per heavy atom. The van der Waals surface area contributed by atoms with Gasteiger partial charge in [0, 0.05) is 23.2 Å². The van der Waals surface area contributed by atoms with Gasteiger partial charge in [-0.2, -0.15) is 0 Å². The molecule has 0 unspecified atom stereocenters. The Balaban J connectivity index is 2.57. The monoisotopic (exact) mass is 233 g/mol. The van der Waals surface area contributed by atoms with Gasteiger partial charge in [-0.1, -0.05) is 0 Å². The molecule has 0 spiro atoms. The van der Waals surface area contributed by atoms with Crippen LogP contribution in [0.15, 0.2) is 12.1 Å². The summed E-state index contributed by atoms with van der Waals surface area (Å²) in [5, 5.41) is 10.2. The Morgan fingerprint density at radius 3 is 2.71 bits per heavy atom. The van der Waals surface area contributed by atoms with Crippen LogP contribution in [-0.4, -0.2) is 23.8 Å². The lowest BCUT2D eigenvalue weighted by Gasteiger charge is -2.04. The maximum atomic E-state index is 8.95. The lowest BCUT2D eigenvalue weighted by molar-refractivity contribution is 0.288. The minimum Gasteiger partial charge on any atom is -0.497 e. The van der Waals surface area contributed by atoms with E-state index >= 15 is 0 Å². The highest BCUT2D eigenvalue weighted by molar-refractivity contribution is 5.88. The van der Waals surface area contributed by atoms with Gasteiger partial charge in [-0.3, -0.25) is 0 Å². The van der Waals surface area contributed by atoms with Crippen molar-refractivity contribution >= 4 is 10.9 Å². The van der Waals surface area contributed by atoms with Crippen LogP contribution in [0, 0.1) is 13.8 Å². The fourth-order valence-electron chi connectivity index (χ4n) is 2.32. The fraction of sp³-hybridized carbons (Fsp3) is 0.429. The number of ether oxygens (including phenoxy) is 1. The summed E-state index contributed by atoms with van der Waals surface area (Å²) in [7, 11) is 1.69. The van der Waals surface area contributed by atoms with Crippen LogP contribution in [0.25, 0.3) is 10.9 Å². The molecule has 0 saturated carbocycles. The van der Waals surface area contributed by atoms with Crippen LogP contribution in [-0.2, 0) is 6.42 Å². The van der Waals surface area contributed by atoms with Crippen LogP contribution in [0.1, 0.15) is 23.2 Å². The largest absolute Gasteiger partial charge is 0.497 e. The number of H-pyrrole nitrogens is 1. The van der Waals surface area contributed by atoms with Crippen LogP contribution in [0.5, 0.6) is 5.75 Å². The summed E-state index contributed by atoms with van der Waals surface area (Å²) in [5.41, 5.74) is 4.84. The van der Waals surface area contributed by atoms with Crippen molar-refractivity contribution < 1.29 is 9.84 Å². The van der Waals surface area contributed by atoms with Crippen molar-refractivity contribution in [3.63, 3.8) is 0 Å². The molecule has 0 saturated heterocycles. The van der Waals surface area contributed by atoms with Crippen molar-refractivity contribution in [2.24, 2.45) is 0 Å². The molecule has 2 aromatic rings. The standard InChI is InChI=1S/C14H19NO2/c1-9-7-11(17-3)8-13-12(5-4-6-16)10(2)15-14(9)13/h7-8,15-16H,4-6H2,1-3H3. The van der Waals surface area contributed by atoms with Gasteiger partial charge in [0.25, 0.3) is 0 Å². The quantitative estimate of drug-likeness (QED) is 0.852. The first-order valence-electron chi connectivity index (χ1n) is 5.94. The fourth-order valence-corrected chi connectivity index (χ4v) is 2.32. The average Bonchev–Trinajstić information content (AvgIpc) is 2.63. The summed E-state index contributed by atoms with van der Waals surface area (Å²) in [6, 6.07) is 4.10. The van der Waals surface area contributed by atoms with E-state index in [1.807, 2.05) is 6.07 Å². The van der Waals surface area contributed by atoms with Gasteiger partial charge >= 0.3 is 0 Å². The normalized spacial score (nSPS) is 11.1. The highest BCUT2D eigenvalue weighted by Gasteiger charge is 2.11. The van der Waals surface area contributed by atoms with E-state index in [1.165, 1.54) is 27.7 Å². The summed E-state index contributed by atoms with van der Waals surface area (Å²) in [6.07, 6.45) is 1.69. The van der Waals surface area contributed by atoms with Crippen LogP contribution in [0.3, 0.4) is 0 Å². The minimum absolute atomic E-state index is 0.231. The number of aliphatic hydroxyl groups excluding tert-OH is 1. The molecule has 3 heteroatoms. The summed E-state index contributed by atoms with van der Waals surface area (Å²) >= 11 is 0. The third kappa shape index (κ3) is 2.15. The number of benzene rings is 1. The topological polar surface area (TPSA) is 45.2 Å². The number of rotatable bonds is 4. The summed E-state index contributed by atoms with van der Waals surface area (Å²) in [4.78, 5) is 3.42. The highest BCUT2D eigenvalue weighted by atomic mass is 16.5. The summed E-state index contributed by atoms with van der Waals surface area (Å²) in [5.74, 6) is 0.888. The van der Waals surface area contributed by atoms with Crippen molar-refractivity contribution in [3.8, 4) is 5.75 Å². The molecule has 0 aliphatic heterocycles. The predicted octanol–water partition coefficient (Wildman–Crippen LogP) is 2.72. The molecule has 92 valence electrons. The first-order valence-corrected chi connectivity index (χ1v) is 5.94. The molecule has 0 atom stereocenters. The van der Waals surface area contributed by atoms with Crippen LogP contribution >= 0.6 is 0 Å². The molecule has 1 aromatic carbocycles. The van der Waals surface area contributed by atoms with E-state index in [9.17, 15) is 0 Å². The van der Waals surface area contributed by atoms with E-state index in [1.54, 1.807) is 7.11 Å². The zero-order valence-corrected chi connectivity index (χ0v) is 10.6. The third-order valence-corrected chi connectivity index (χ3v) is 3.22. The molecule has 3 nitrogen and oxygen atoms in total. The molecule has 1 aromatic heterocycles. The second-order valence-corrected chi connectivity index (χ2v) is 4.42. The number of methoxy groups -OCH3 is 1. The van der Waals surface area contributed by atoms with E-state index in [4.69, 9.17) is 9.84 Å². The molecule has 1 heterocycles. The molecular weight excluding hydrogens is 214 g/mol. The van der Waals surface area contributed by atoms with Crippen molar-refractivity contribution in [3.05, 3.63) is 29.0 Å². The SMILES string of the molecule is COc1cc(C)c2[nH]c(C)c(CCCO)c2c1. The van der Waals surface area contributed by atoms with Gasteiger partial charge in [0.05, 0.1) is 7.11 Å². The Kier molecular flexibility index (Phi) is 3.38. The van der Waals surface area contributed by atoms with Gasteiger partial charge in [-0.25, -0.2) is 0 Å². The van der Waals surface area contributed by atoms with E-state index < -0.39 is 0 Å². The van der Waals surface area contributed by atoms with E-state index in [0.29, 0.717) is 0 Å². The molecule has 2 rings (SSSR count). The second-order valence-electron chi connectivity index (χ2n) is 4.42. The Bertz CT molecular complexity index is 528. The van der Waals surface area contributed by atoms with Crippen LogP contribution in [0.4, 0.5) is 0 Å². The number of hydrogen-bond donors (Lipinski definition) is 2. The second kappa shape index (κ2) is 4.80. The first kappa shape index (κ1) is 12.0. The molecular formula is C14H19NO2. The molecule has 0 aliphatic carbocycles. The Hall–Kier alpha value is -1.48. The molecule has 2 N–H and O–H groups in total. The third-order valence-electron chi connectivity index (χ3n) is 3.22. The number of aromatic nitrogens is 1. The Morgan fingerprint density at radius 2 is 2.06 bits per heavy atom. The maximum Gasteiger partial charge on any atom is 0.119 e. The van der Waals surface area contributed by atoms with Crippen molar-refractivity contribution in [1.29, 1.82) is 0 Å². The number of aromatic amines is 1. The zero-order valence-electron chi connectivity index (χ0n) is 10.6. The molecule has 0 radical (unpaired) electrons. The van der Waals surface area contributed by atoms with Crippen molar-refractivity contribution in [1.82, 2.24) is 4.98 Å². The zero-order chi connectivity index (χ0) is 12.4. The van der Waals surface area contributed by atoms with Crippen LogP contribution in [0.2, 0.25) is 0 Å². The number of nitrogens with one attached hydrogen (secondary N) is 1.